The molecular weight excluding hydrogens is 376 g/mol. The molecule has 1 aromatic heterocycles. The number of amides is 3. The Morgan fingerprint density at radius 1 is 1.00 bits per heavy atom. The highest BCUT2D eigenvalue weighted by Gasteiger charge is 2.12. The number of rotatable bonds is 7. The van der Waals surface area contributed by atoms with Gasteiger partial charge in [0.05, 0.1) is 10.2 Å². The van der Waals surface area contributed by atoms with Crippen LogP contribution in [0.5, 0.6) is 0 Å². The average molecular weight is 396 g/mol. The molecular formula is C20H20N4O3S. The van der Waals surface area contributed by atoms with Crippen LogP contribution >= 0.6 is 11.3 Å². The Labute approximate surface area is 166 Å². The molecule has 0 aliphatic heterocycles. The predicted octanol–water partition coefficient (Wildman–Crippen LogP) is 3.44. The number of carbonyl (C=O) groups excluding carboxylic acids is 3. The second kappa shape index (κ2) is 9.09. The maximum Gasteiger partial charge on any atom is 0.321 e. The van der Waals surface area contributed by atoms with Crippen molar-refractivity contribution < 1.29 is 14.4 Å². The molecule has 8 heteroatoms. The van der Waals surface area contributed by atoms with Crippen LogP contribution in [0.3, 0.4) is 0 Å². The number of hydrogen-bond donors (Lipinski definition) is 3. The second-order valence-electron chi connectivity index (χ2n) is 5.98. The molecule has 3 amide bonds. The van der Waals surface area contributed by atoms with Crippen molar-refractivity contribution >= 4 is 44.4 Å². The van der Waals surface area contributed by atoms with E-state index < -0.39 is 0 Å². The molecule has 3 rings (SSSR count). The number of nitrogens with zero attached hydrogens (tertiary/aromatic N) is 1. The number of anilines is 1. The fraction of sp³-hybridized carbons (Fsp3) is 0.200. The minimum atomic E-state index is -0.313. The van der Waals surface area contributed by atoms with E-state index in [0.29, 0.717) is 28.3 Å². The third-order valence-corrected chi connectivity index (χ3v) is 4.88. The first-order valence-electron chi connectivity index (χ1n) is 8.88. The lowest BCUT2D eigenvalue weighted by molar-refractivity contribution is 0.0940. The van der Waals surface area contributed by atoms with Crippen LogP contribution in [0.25, 0.3) is 10.2 Å². The molecule has 144 valence electrons. The monoisotopic (exact) mass is 396 g/mol. The van der Waals surface area contributed by atoms with Gasteiger partial charge in [-0.05, 0) is 37.3 Å². The number of aromatic nitrogens is 1. The zero-order valence-corrected chi connectivity index (χ0v) is 16.1. The molecule has 1 heterocycles. The van der Waals surface area contributed by atoms with Crippen LogP contribution in [0.1, 0.15) is 34.1 Å². The van der Waals surface area contributed by atoms with Crippen molar-refractivity contribution in [1.29, 1.82) is 0 Å². The first kappa shape index (κ1) is 19.5. The maximum absolute atomic E-state index is 12.4. The van der Waals surface area contributed by atoms with Crippen molar-refractivity contribution in [2.24, 2.45) is 0 Å². The van der Waals surface area contributed by atoms with Gasteiger partial charge in [-0.3, -0.25) is 14.9 Å². The fourth-order valence-corrected chi connectivity index (χ4v) is 3.48. The molecule has 0 bridgehead atoms. The van der Waals surface area contributed by atoms with Gasteiger partial charge in [0.1, 0.15) is 0 Å². The van der Waals surface area contributed by atoms with E-state index in [1.165, 1.54) is 11.3 Å². The zero-order chi connectivity index (χ0) is 19.9. The molecule has 0 spiro atoms. The summed E-state index contributed by atoms with van der Waals surface area (Å²) < 4.78 is 0.811. The zero-order valence-electron chi connectivity index (χ0n) is 15.3. The van der Waals surface area contributed by atoms with Gasteiger partial charge in [0, 0.05) is 30.6 Å². The standard InChI is InChI=1S/C20H20N4O3S/c1-2-21-19(27)24-20-23-15-9-8-14(12-17(15)28-20)16(25)10-11-22-18(26)13-6-4-3-5-7-13/h3-9,12H,2,10-11H2,1H3,(H,22,26)(H2,21,23,24,27). The van der Waals surface area contributed by atoms with Crippen LogP contribution in [0.2, 0.25) is 0 Å². The summed E-state index contributed by atoms with van der Waals surface area (Å²) in [6, 6.07) is 13.8. The minimum Gasteiger partial charge on any atom is -0.352 e. The first-order valence-corrected chi connectivity index (χ1v) is 9.70. The van der Waals surface area contributed by atoms with Gasteiger partial charge in [-0.15, -0.1) is 0 Å². The molecule has 7 nitrogen and oxygen atoms in total. The van der Waals surface area contributed by atoms with Crippen LogP contribution in [0, 0.1) is 0 Å². The van der Waals surface area contributed by atoms with Crippen LogP contribution in [-0.4, -0.2) is 35.8 Å². The van der Waals surface area contributed by atoms with Crippen molar-refractivity contribution in [2.75, 3.05) is 18.4 Å². The highest BCUT2D eigenvalue weighted by Crippen LogP contribution is 2.27. The van der Waals surface area contributed by atoms with Gasteiger partial charge in [-0.2, -0.15) is 0 Å². The quantitative estimate of drug-likeness (QED) is 0.533. The molecule has 0 aliphatic carbocycles. The van der Waals surface area contributed by atoms with Crippen LogP contribution in [0.15, 0.2) is 48.5 Å². The van der Waals surface area contributed by atoms with E-state index in [9.17, 15) is 14.4 Å². The topological polar surface area (TPSA) is 100 Å². The number of benzene rings is 2. The van der Waals surface area contributed by atoms with Crippen molar-refractivity contribution in [3.63, 3.8) is 0 Å². The van der Waals surface area contributed by atoms with Crippen molar-refractivity contribution in [3.8, 4) is 0 Å². The van der Waals surface area contributed by atoms with E-state index in [4.69, 9.17) is 0 Å². The Balaban J connectivity index is 1.59. The number of carbonyl (C=O) groups is 3. The largest absolute Gasteiger partial charge is 0.352 e. The SMILES string of the molecule is CCNC(=O)Nc1nc2ccc(C(=O)CCNC(=O)c3ccccc3)cc2s1. The van der Waals surface area contributed by atoms with Crippen molar-refractivity contribution in [1.82, 2.24) is 15.6 Å². The molecule has 28 heavy (non-hydrogen) atoms. The van der Waals surface area contributed by atoms with Gasteiger partial charge >= 0.3 is 6.03 Å². The van der Waals surface area contributed by atoms with E-state index >= 15 is 0 Å². The molecule has 0 unspecified atom stereocenters. The lowest BCUT2D eigenvalue weighted by Crippen LogP contribution is -2.28. The summed E-state index contributed by atoms with van der Waals surface area (Å²) in [6.45, 7) is 2.62. The van der Waals surface area contributed by atoms with Crippen molar-refractivity contribution in [3.05, 3.63) is 59.7 Å². The first-order chi connectivity index (χ1) is 13.6. The predicted molar refractivity (Wildman–Crippen MR) is 110 cm³/mol. The third kappa shape index (κ3) is 4.92. The maximum atomic E-state index is 12.4. The Morgan fingerprint density at radius 2 is 1.79 bits per heavy atom. The molecule has 3 aromatic rings. The number of nitrogens with one attached hydrogen (secondary N) is 3. The second-order valence-corrected chi connectivity index (χ2v) is 7.01. The van der Waals surface area contributed by atoms with Gasteiger partial charge < -0.3 is 10.6 Å². The van der Waals surface area contributed by atoms with E-state index in [1.807, 2.05) is 13.0 Å². The number of hydrogen-bond acceptors (Lipinski definition) is 5. The fourth-order valence-electron chi connectivity index (χ4n) is 2.58. The molecule has 3 N–H and O–H groups in total. The number of thiazole rings is 1. The lowest BCUT2D eigenvalue weighted by atomic mass is 10.1. The summed E-state index contributed by atoms with van der Waals surface area (Å²) in [5, 5.41) is 8.53. The molecule has 0 saturated heterocycles. The van der Waals surface area contributed by atoms with Gasteiger partial charge in [-0.1, -0.05) is 29.5 Å². The Kier molecular flexibility index (Phi) is 6.33. The van der Waals surface area contributed by atoms with Crippen molar-refractivity contribution in [2.45, 2.75) is 13.3 Å². The highest BCUT2D eigenvalue weighted by atomic mass is 32.1. The molecule has 2 aromatic carbocycles. The normalized spacial score (nSPS) is 10.5. The minimum absolute atomic E-state index is 0.0677. The van der Waals surface area contributed by atoms with Crippen LogP contribution in [0.4, 0.5) is 9.93 Å². The summed E-state index contributed by atoms with van der Waals surface area (Å²) in [5.74, 6) is -0.269. The summed E-state index contributed by atoms with van der Waals surface area (Å²) in [7, 11) is 0. The molecule has 0 atom stereocenters. The Morgan fingerprint density at radius 3 is 2.54 bits per heavy atom. The summed E-state index contributed by atoms with van der Waals surface area (Å²) in [5.41, 5.74) is 1.83. The summed E-state index contributed by atoms with van der Waals surface area (Å²) >= 11 is 1.30. The molecule has 0 fully saturated rings. The number of fused-ring (bicyclic) bond motifs is 1. The van der Waals surface area contributed by atoms with Gasteiger partial charge in [0.15, 0.2) is 10.9 Å². The Bertz CT molecular complexity index is 1000. The third-order valence-electron chi connectivity index (χ3n) is 3.94. The van der Waals surface area contributed by atoms with Crippen LogP contribution < -0.4 is 16.0 Å². The molecule has 0 radical (unpaired) electrons. The van der Waals surface area contributed by atoms with Gasteiger partial charge in [-0.25, -0.2) is 9.78 Å². The number of ketones is 1. The van der Waals surface area contributed by atoms with E-state index in [-0.39, 0.29) is 30.7 Å². The van der Waals surface area contributed by atoms with Gasteiger partial charge in [0.2, 0.25) is 0 Å². The van der Waals surface area contributed by atoms with E-state index in [1.54, 1.807) is 42.5 Å². The Hall–Kier alpha value is -3.26. The number of urea groups is 1. The lowest BCUT2D eigenvalue weighted by Gasteiger charge is -2.05. The number of Topliss-reactive ketones (excluding diaryl/α,β-unsaturated/α-hetero) is 1. The summed E-state index contributed by atoms with van der Waals surface area (Å²) in [4.78, 5) is 40.4. The average Bonchev–Trinajstić information content (AvgIpc) is 3.09. The van der Waals surface area contributed by atoms with E-state index in [2.05, 4.69) is 20.9 Å². The smallest absolute Gasteiger partial charge is 0.321 e. The van der Waals surface area contributed by atoms with E-state index in [0.717, 1.165) is 4.70 Å². The molecule has 0 saturated carbocycles. The highest BCUT2D eigenvalue weighted by molar-refractivity contribution is 7.22. The van der Waals surface area contributed by atoms with Gasteiger partial charge in [0.25, 0.3) is 5.91 Å². The molecule has 0 aliphatic rings. The van der Waals surface area contributed by atoms with Crippen LogP contribution in [-0.2, 0) is 0 Å². The summed E-state index contributed by atoms with van der Waals surface area (Å²) in [6.07, 6.45) is 0.201.